The van der Waals surface area contributed by atoms with E-state index in [1.807, 2.05) is 0 Å². The van der Waals surface area contributed by atoms with Crippen LogP contribution in [0.2, 0.25) is 0 Å². The fraction of sp³-hybridized carbons (Fsp3) is 0.625. The molecule has 0 heterocycles. The number of nitrogens with one attached hydrogen (secondary N) is 1. The van der Waals surface area contributed by atoms with Crippen molar-refractivity contribution in [3.63, 3.8) is 0 Å². The van der Waals surface area contributed by atoms with Crippen LogP contribution in [0.25, 0.3) is 0 Å². The zero-order chi connectivity index (χ0) is 13.1. The molecule has 8 nitrogen and oxygen atoms in total. The molecule has 1 unspecified atom stereocenters. The Kier molecular flexibility index (Phi) is 10.3. The van der Waals surface area contributed by atoms with Crippen molar-refractivity contribution in [3.05, 3.63) is 0 Å². The monoisotopic (exact) mass is 235 g/mol. The highest BCUT2D eigenvalue weighted by atomic mass is 16.4. The van der Waals surface area contributed by atoms with Crippen LogP contribution in [-0.4, -0.2) is 47.7 Å². The summed E-state index contributed by atoms with van der Waals surface area (Å²) in [6, 6.07) is -0.678. The zero-order valence-electron chi connectivity index (χ0n) is 8.97. The molecular weight excluding hydrogens is 218 g/mol. The number of likely N-dealkylation sites (N-methyl/N-ethyl adjacent to an activating group) is 1. The minimum Gasteiger partial charge on any atom is -0.480 e. The van der Waals surface area contributed by atoms with Crippen molar-refractivity contribution in [2.45, 2.75) is 18.9 Å². The van der Waals surface area contributed by atoms with E-state index in [2.05, 4.69) is 11.1 Å². The highest BCUT2D eigenvalue weighted by molar-refractivity contribution is 5.77. The molecule has 1 amide bonds. The van der Waals surface area contributed by atoms with E-state index in [1.54, 1.807) is 0 Å². The topological polar surface area (TPSA) is 156 Å². The lowest BCUT2D eigenvalue weighted by atomic mass is 10.1. The van der Waals surface area contributed by atoms with E-state index < -0.39 is 23.9 Å². The van der Waals surface area contributed by atoms with Gasteiger partial charge in [0.25, 0.3) is 0 Å². The van der Waals surface area contributed by atoms with E-state index in [1.165, 1.54) is 7.05 Å². The molecule has 0 saturated heterocycles. The van der Waals surface area contributed by atoms with Gasteiger partial charge in [-0.05, 0) is 13.5 Å². The number of carboxylic acids is 2. The van der Waals surface area contributed by atoms with Gasteiger partial charge in [-0.2, -0.15) is 0 Å². The molecule has 0 aliphatic rings. The van der Waals surface area contributed by atoms with Gasteiger partial charge in [0.05, 0.1) is 6.54 Å². The van der Waals surface area contributed by atoms with Crippen LogP contribution in [0, 0.1) is 0 Å². The Bertz CT molecular complexity index is 244. The summed E-state index contributed by atoms with van der Waals surface area (Å²) in [5, 5.41) is 18.6. The maximum absolute atomic E-state index is 10.3. The van der Waals surface area contributed by atoms with Crippen LogP contribution >= 0.6 is 0 Å². The van der Waals surface area contributed by atoms with Crippen molar-refractivity contribution in [1.82, 2.24) is 5.32 Å². The van der Waals surface area contributed by atoms with Gasteiger partial charge in [-0.25, -0.2) is 0 Å². The number of hydrogen-bond donors (Lipinski definition) is 5. The highest BCUT2D eigenvalue weighted by Crippen LogP contribution is 1.95. The van der Waals surface area contributed by atoms with E-state index in [9.17, 15) is 14.4 Å². The van der Waals surface area contributed by atoms with Gasteiger partial charge in [-0.15, -0.1) is 0 Å². The SMILES string of the molecule is CNC(CCC(N)=O)C(=O)O.NCC(=O)O. The Morgan fingerprint density at radius 1 is 1.31 bits per heavy atom. The molecule has 0 radical (unpaired) electrons. The average molecular weight is 235 g/mol. The lowest BCUT2D eigenvalue weighted by Gasteiger charge is -2.08. The summed E-state index contributed by atoms with van der Waals surface area (Å²) in [6.45, 7) is -0.278. The number of nitrogens with two attached hydrogens (primary N) is 2. The molecule has 0 aromatic rings. The highest BCUT2D eigenvalue weighted by Gasteiger charge is 2.14. The van der Waals surface area contributed by atoms with Crippen LogP contribution in [0.5, 0.6) is 0 Å². The summed E-state index contributed by atoms with van der Waals surface area (Å²) in [5.74, 6) is -2.41. The molecule has 16 heavy (non-hydrogen) atoms. The fourth-order valence-electron chi connectivity index (χ4n) is 0.678. The molecule has 0 aromatic heterocycles. The maximum atomic E-state index is 10.3. The normalized spacial score (nSPS) is 10.9. The molecule has 0 aliphatic heterocycles. The molecule has 0 saturated carbocycles. The number of carbonyl (C=O) groups excluding carboxylic acids is 1. The summed E-state index contributed by atoms with van der Waals surface area (Å²) in [6.07, 6.45) is 0.332. The molecular formula is C8H17N3O5. The average Bonchev–Trinajstić information content (AvgIpc) is 2.18. The van der Waals surface area contributed by atoms with E-state index in [0.717, 1.165) is 0 Å². The summed E-state index contributed by atoms with van der Waals surface area (Å²) in [4.78, 5) is 29.8. The molecule has 0 spiro atoms. The number of aliphatic carboxylic acids is 2. The van der Waals surface area contributed by atoms with Crippen molar-refractivity contribution in [1.29, 1.82) is 0 Å². The Hall–Kier alpha value is -1.67. The van der Waals surface area contributed by atoms with Gasteiger partial charge in [0, 0.05) is 6.42 Å². The standard InChI is InChI=1S/C6H12N2O3.C2H5NO2/c1-8-4(6(10)11)2-3-5(7)9;3-1-2(4)5/h4,8H,2-3H2,1H3,(H2,7,9)(H,10,11);1,3H2,(H,4,5). The number of rotatable bonds is 6. The summed E-state index contributed by atoms with van der Waals surface area (Å²) < 4.78 is 0. The lowest BCUT2D eigenvalue weighted by molar-refractivity contribution is -0.139. The number of carbonyl (C=O) groups is 3. The first kappa shape index (κ1) is 16.7. The van der Waals surface area contributed by atoms with Crippen LogP contribution in [0.4, 0.5) is 0 Å². The van der Waals surface area contributed by atoms with Gasteiger partial charge >= 0.3 is 11.9 Å². The fourth-order valence-corrected chi connectivity index (χ4v) is 0.678. The molecule has 0 fully saturated rings. The van der Waals surface area contributed by atoms with Gasteiger partial charge in [0.2, 0.25) is 5.91 Å². The molecule has 1 atom stereocenters. The summed E-state index contributed by atoms with van der Waals surface area (Å²) in [5.41, 5.74) is 9.41. The number of primary amides is 1. The van der Waals surface area contributed by atoms with Crippen LogP contribution in [0.1, 0.15) is 12.8 Å². The molecule has 0 bridgehead atoms. The van der Waals surface area contributed by atoms with Gasteiger partial charge < -0.3 is 27.0 Å². The maximum Gasteiger partial charge on any atom is 0.320 e. The van der Waals surface area contributed by atoms with Crippen molar-refractivity contribution in [2.24, 2.45) is 11.5 Å². The Labute approximate surface area is 92.6 Å². The molecule has 8 heteroatoms. The van der Waals surface area contributed by atoms with Crippen molar-refractivity contribution in [3.8, 4) is 0 Å². The molecule has 0 aliphatic carbocycles. The van der Waals surface area contributed by atoms with Crippen molar-refractivity contribution in [2.75, 3.05) is 13.6 Å². The van der Waals surface area contributed by atoms with Crippen LogP contribution in [0.3, 0.4) is 0 Å². The molecule has 0 rings (SSSR count). The Morgan fingerprint density at radius 2 is 1.75 bits per heavy atom. The Balaban J connectivity index is 0. The zero-order valence-corrected chi connectivity index (χ0v) is 8.97. The number of carboxylic acid groups (broad SMARTS) is 2. The lowest BCUT2D eigenvalue weighted by Crippen LogP contribution is -2.34. The van der Waals surface area contributed by atoms with E-state index >= 15 is 0 Å². The quantitative estimate of drug-likeness (QED) is 0.355. The minimum atomic E-state index is -0.968. The van der Waals surface area contributed by atoms with E-state index in [4.69, 9.17) is 15.9 Å². The van der Waals surface area contributed by atoms with E-state index in [0.29, 0.717) is 0 Å². The second-order valence-electron chi connectivity index (χ2n) is 2.78. The van der Waals surface area contributed by atoms with Gasteiger partial charge in [0.15, 0.2) is 0 Å². The first-order valence-corrected chi connectivity index (χ1v) is 4.45. The summed E-state index contributed by atoms with van der Waals surface area (Å²) >= 11 is 0. The second-order valence-corrected chi connectivity index (χ2v) is 2.78. The third-order valence-electron chi connectivity index (χ3n) is 1.50. The Morgan fingerprint density at radius 3 is 1.94 bits per heavy atom. The smallest absolute Gasteiger partial charge is 0.320 e. The van der Waals surface area contributed by atoms with Crippen molar-refractivity contribution < 1.29 is 24.6 Å². The number of hydrogen-bond acceptors (Lipinski definition) is 5. The predicted molar refractivity (Wildman–Crippen MR) is 55.6 cm³/mol. The third kappa shape index (κ3) is 12.3. The van der Waals surface area contributed by atoms with Crippen LogP contribution in [-0.2, 0) is 14.4 Å². The van der Waals surface area contributed by atoms with Crippen molar-refractivity contribution >= 4 is 17.8 Å². The predicted octanol–water partition coefficient (Wildman–Crippen LogP) is -2.05. The number of amides is 1. The summed E-state index contributed by atoms with van der Waals surface area (Å²) in [7, 11) is 1.53. The van der Waals surface area contributed by atoms with Crippen LogP contribution in [0.15, 0.2) is 0 Å². The largest absolute Gasteiger partial charge is 0.480 e. The first-order chi connectivity index (χ1) is 7.34. The first-order valence-electron chi connectivity index (χ1n) is 4.45. The molecule has 0 aromatic carbocycles. The van der Waals surface area contributed by atoms with E-state index in [-0.39, 0.29) is 19.4 Å². The second kappa shape index (κ2) is 9.87. The van der Waals surface area contributed by atoms with Crippen LogP contribution < -0.4 is 16.8 Å². The molecule has 7 N–H and O–H groups in total. The molecule has 94 valence electrons. The van der Waals surface area contributed by atoms with Gasteiger partial charge in [-0.1, -0.05) is 0 Å². The third-order valence-corrected chi connectivity index (χ3v) is 1.50. The minimum absolute atomic E-state index is 0.0950. The van der Waals surface area contributed by atoms with Gasteiger partial charge in [0.1, 0.15) is 6.04 Å². The van der Waals surface area contributed by atoms with Gasteiger partial charge in [-0.3, -0.25) is 14.4 Å².